The molecule has 0 spiro atoms. The Balaban J connectivity index is 1.44. The molecule has 0 saturated carbocycles. The van der Waals surface area contributed by atoms with E-state index in [4.69, 9.17) is 4.42 Å². The minimum atomic E-state index is -0.231. The van der Waals surface area contributed by atoms with E-state index in [-0.39, 0.29) is 17.9 Å². The summed E-state index contributed by atoms with van der Waals surface area (Å²) in [7, 11) is 0. The van der Waals surface area contributed by atoms with Gasteiger partial charge in [0.2, 0.25) is 5.91 Å². The molecule has 0 aliphatic carbocycles. The Hall–Kier alpha value is -1.82. The van der Waals surface area contributed by atoms with Gasteiger partial charge in [0.15, 0.2) is 5.76 Å². The van der Waals surface area contributed by atoms with E-state index in [1.165, 1.54) is 31.9 Å². The van der Waals surface area contributed by atoms with Crippen molar-refractivity contribution in [2.24, 2.45) is 0 Å². The molecule has 1 unspecified atom stereocenters. The van der Waals surface area contributed by atoms with Gasteiger partial charge in [0.1, 0.15) is 0 Å². The Morgan fingerprint density at radius 2 is 2.00 bits per heavy atom. The molecule has 23 heavy (non-hydrogen) atoms. The van der Waals surface area contributed by atoms with Crippen LogP contribution >= 0.6 is 0 Å². The summed E-state index contributed by atoms with van der Waals surface area (Å²) in [5.74, 6) is 0.296. The first-order chi connectivity index (χ1) is 11.3. The molecular formula is C17H25N3O3. The zero-order valence-electron chi connectivity index (χ0n) is 13.5. The first kappa shape index (κ1) is 16.1. The van der Waals surface area contributed by atoms with Crippen molar-refractivity contribution in [1.29, 1.82) is 0 Å². The van der Waals surface area contributed by atoms with Gasteiger partial charge in [0.25, 0.3) is 5.91 Å². The summed E-state index contributed by atoms with van der Waals surface area (Å²) in [5, 5.41) is 2.80. The van der Waals surface area contributed by atoms with Crippen LogP contribution in [0.4, 0.5) is 0 Å². The molecule has 2 saturated heterocycles. The molecule has 1 N–H and O–H groups in total. The Morgan fingerprint density at radius 3 is 2.70 bits per heavy atom. The molecule has 0 bridgehead atoms. The largest absolute Gasteiger partial charge is 0.459 e. The fourth-order valence-corrected chi connectivity index (χ4v) is 3.49. The van der Waals surface area contributed by atoms with Gasteiger partial charge in [-0.2, -0.15) is 0 Å². The molecule has 0 radical (unpaired) electrons. The third kappa shape index (κ3) is 3.93. The Bertz CT molecular complexity index is 521. The third-order valence-corrected chi connectivity index (χ3v) is 4.76. The lowest BCUT2D eigenvalue weighted by atomic mass is 10.2. The lowest BCUT2D eigenvalue weighted by Crippen LogP contribution is -2.44. The Kier molecular flexibility index (Phi) is 5.33. The molecular weight excluding hydrogens is 294 g/mol. The van der Waals surface area contributed by atoms with Crippen LogP contribution in [0.5, 0.6) is 0 Å². The average Bonchev–Trinajstić information content (AvgIpc) is 3.12. The van der Waals surface area contributed by atoms with Crippen LogP contribution in [0.1, 0.15) is 42.7 Å². The molecule has 1 aromatic rings. The van der Waals surface area contributed by atoms with Gasteiger partial charge in [-0.15, -0.1) is 0 Å². The van der Waals surface area contributed by atoms with Crippen LogP contribution in [0.25, 0.3) is 0 Å². The topological polar surface area (TPSA) is 65.8 Å². The first-order valence-electron chi connectivity index (χ1n) is 8.60. The number of furan rings is 1. The Labute approximate surface area is 136 Å². The summed E-state index contributed by atoms with van der Waals surface area (Å²) in [6.07, 6.45) is 7.33. The molecule has 3 rings (SSSR count). The molecule has 6 nitrogen and oxygen atoms in total. The second-order valence-corrected chi connectivity index (χ2v) is 6.31. The second kappa shape index (κ2) is 7.64. The number of amides is 2. The maximum absolute atomic E-state index is 12.6. The van der Waals surface area contributed by atoms with Crippen LogP contribution in [-0.4, -0.2) is 60.4 Å². The SMILES string of the molecule is O=C(NCCN1CCC(N2CCCCCC2)C1=O)c1ccco1. The average molecular weight is 319 g/mol. The highest BCUT2D eigenvalue weighted by atomic mass is 16.3. The van der Waals surface area contributed by atoms with Crippen molar-refractivity contribution < 1.29 is 14.0 Å². The van der Waals surface area contributed by atoms with Gasteiger partial charge < -0.3 is 14.6 Å². The predicted octanol–water partition coefficient (Wildman–Crippen LogP) is 1.49. The third-order valence-electron chi connectivity index (χ3n) is 4.76. The normalized spacial score (nSPS) is 23.0. The summed E-state index contributed by atoms with van der Waals surface area (Å²) >= 11 is 0. The van der Waals surface area contributed by atoms with Crippen molar-refractivity contribution in [2.45, 2.75) is 38.1 Å². The minimum absolute atomic E-state index is 0.0499. The molecule has 1 aromatic heterocycles. The number of hydrogen-bond acceptors (Lipinski definition) is 4. The summed E-state index contributed by atoms with van der Waals surface area (Å²) in [5.41, 5.74) is 0. The van der Waals surface area contributed by atoms with Crippen LogP contribution < -0.4 is 5.32 Å². The molecule has 0 aromatic carbocycles. The zero-order valence-corrected chi connectivity index (χ0v) is 13.5. The lowest BCUT2D eigenvalue weighted by molar-refractivity contribution is -0.132. The smallest absolute Gasteiger partial charge is 0.287 e. The summed E-state index contributed by atoms with van der Waals surface area (Å²) < 4.78 is 5.05. The molecule has 3 heterocycles. The molecule has 6 heteroatoms. The van der Waals surface area contributed by atoms with Gasteiger partial charge in [-0.1, -0.05) is 12.8 Å². The number of hydrogen-bond donors (Lipinski definition) is 1. The van der Waals surface area contributed by atoms with E-state index in [0.717, 1.165) is 26.1 Å². The van der Waals surface area contributed by atoms with E-state index in [2.05, 4.69) is 10.2 Å². The molecule has 2 fully saturated rings. The Morgan fingerprint density at radius 1 is 1.22 bits per heavy atom. The minimum Gasteiger partial charge on any atom is -0.459 e. The highest BCUT2D eigenvalue weighted by Gasteiger charge is 2.35. The van der Waals surface area contributed by atoms with Crippen molar-refractivity contribution in [3.8, 4) is 0 Å². The number of likely N-dealkylation sites (tertiary alicyclic amines) is 2. The van der Waals surface area contributed by atoms with Crippen molar-refractivity contribution in [1.82, 2.24) is 15.1 Å². The maximum Gasteiger partial charge on any atom is 0.287 e. The van der Waals surface area contributed by atoms with Crippen LogP contribution in [0.2, 0.25) is 0 Å². The molecule has 1 atom stereocenters. The molecule has 2 aliphatic rings. The van der Waals surface area contributed by atoms with Gasteiger partial charge in [-0.3, -0.25) is 14.5 Å². The molecule has 2 amide bonds. The van der Waals surface area contributed by atoms with Gasteiger partial charge >= 0.3 is 0 Å². The van der Waals surface area contributed by atoms with E-state index in [1.54, 1.807) is 12.1 Å². The predicted molar refractivity (Wildman–Crippen MR) is 86.1 cm³/mol. The summed E-state index contributed by atoms with van der Waals surface area (Å²) in [6, 6.07) is 3.37. The fourth-order valence-electron chi connectivity index (χ4n) is 3.49. The van der Waals surface area contributed by atoms with Gasteiger partial charge in [-0.05, 0) is 44.5 Å². The number of carbonyl (C=O) groups excluding carboxylic acids is 2. The van der Waals surface area contributed by atoms with E-state index < -0.39 is 0 Å². The second-order valence-electron chi connectivity index (χ2n) is 6.31. The molecule has 126 valence electrons. The van der Waals surface area contributed by atoms with E-state index in [0.29, 0.717) is 18.8 Å². The van der Waals surface area contributed by atoms with E-state index in [9.17, 15) is 9.59 Å². The monoisotopic (exact) mass is 319 g/mol. The van der Waals surface area contributed by atoms with Crippen molar-refractivity contribution in [3.63, 3.8) is 0 Å². The number of rotatable bonds is 5. The van der Waals surface area contributed by atoms with Crippen LogP contribution in [0, 0.1) is 0 Å². The number of carbonyl (C=O) groups is 2. The maximum atomic E-state index is 12.6. The van der Waals surface area contributed by atoms with Crippen molar-refractivity contribution in [2.75, 3.05) is 32.7 Å². The van der Waals surface area contributed by atoms with Crippen LogP contribution in [0.15, 0.2) is 22.8 Å². The van der Waals surface area contributed by atoms with Crippen LogP contribution in [0.3, 0.4) is 0 Å². The molecule has 2 aliphatic heterocycles. The quantitative estimate of drug-likeness (QED) is 0.893. The van der Waals surface area contributed by atoms with E-state index >= 15 is 0 Å². The van der Waals surface area contributed by atoms with E-state index in [1.807, 2.05) is 4.90 Å². The zero-order chi connectivity index (χ0) is 16.1. The highest BCUT2D eigenvalue weighted by molar-refractivity contribution is 5.91. The van der Waals surface area contributed by atoms with Gasteiger partial charge in [0, 0.05) is 19.6 Å². The number of nitrogens with zero attached hydrogens (tertiary/aromatic N) is 2. The summed E-state index contributed by atoms with van der Waals surface area (Å²) in [6.45, 7) is 3.89. The number of nitrogens with one attached hydrogen (secondary N) is 1. The highest BCUT2D eigenvalue weighted by Crippen LogP contribution is 2.20. The standard InChI is InChI=1S/C17H25N3O3/c21-16(15-6-5-13-23-15)18-8-12-20-11-7-14(17(20)22)19-9-3-1-2-4-10-19/h5-6,13-14H,1-4,7-12H2,(H,18,21). The lowest BCUT2D eigenvalue weighted by Gasteiger charge is -2.26. The summed E-state index contributed by atoms with van der Waals surface area (Å²) in [4.78, 5) is 28.6. The van der Waals surface area contributed by atoms with Gasteiger partial charge in [0.05, 0.1) is 12.3 Å². The van der Waals surface area contributed by atoms with Crippen molar-refractivity contribution in [3.05, 3.63) is 24.2 Å². The van der Waals surface area contributed by atoms with Gasteiger partial charge in [-0.25, -0.2) is 0 Å². The fraction of sp³-hybridized carbons (Fsp3) is 0.647. The van der Waals surface area contributed by atoms with Crippen molar-refractivity contribution >= 4 is 11.8 Å². The first-order valence-corrected chi connectivity index (χ1v) is 8.60. The van der Waals surface area contributed by atoms with Crippen LogP contribution in [-0.2, 0) is 4.79 Å².